The number of hydrogen-bond acceptors (Lipinski definition) is 4. The first-order valence-electron chi connectivity index (χ1n) is 11.1. The maximum Gasteiger partial charge on any atom is 0.251 e. The van der Waals surface area contributed by atoms with Gasteiger partial charge in [-0.15, -0.1) is 10.2 Å². The fourth-order valence-corrected chi connectivity index (χ4v) is 4.19. The molecule has 0 fully saturated rings. The Morgan fingerprint density at radius 2 is 1.75 bits per heavy atom. The Morgan fingerprint density at radius 3 is 2.53 bits per heavy atom. The van der Waals surface area contributed by atoms with Crippen molar-refractivity contribution in [3.8, 4) is 0 Å². The molecular weight excluding hydrogens is 405 g/mol. The highest BCUT2D eigenvalue weighted by Crippen LogP contribution is 2.19. The van der Waals surface area contributed by atoms with Crippen LogP contribution in [0, 0.1) is 26.6 Å². The largest absolute Gasteiger partial charge is 0.352 e. The fourth-order valence-electron chi connectivity index (χ4n) is 4.19. The van der Waals surface area contributed by atoms with Gasteiger partial charge in [0, 0.05) is 51.1 Å². The lowest BCUT2D eigenvalue weighted by Gasteiger charge is -2.21. The van der Waals surface area contributed by atoms with E-state index >= 15 is 0 Å². The molecule has 1 N–H and O–H groups in total. The number of amides is 1. The number of nitrogens with one attached hydrogen (secondary N) is 1. The van der Waals surface area contributed by atoms with Crippen LogP contribution in [0.15, 0.2) is 36.4 Å². The zero-order valence-electron chi connectivity index (χ0n) is 19.0. The number of halogens is 1. The van der Waals surface area contributed by atoms with Gasteiger partial charge in [0.05, 0.1) is 0 Å². The van der Waals surface area contributed by atoms with Crippen LogP contribution in [-0.2, 0) is 25.9 Å². The van der Waals surface area contributed by atoms with Crippen LogP contribution in [0.3, 0.4) is 0 Å². The normalized spacial score (nSPS) is 14.1. The molecule has 0 bridgehead atoms. The summed E-state index contributed by atoms with van der Waals surface area (Å²) in [6, 6.07) is 10.1. The fraction of sp³-hybridized carbons (Fsp3) is 0.400. The van der Waals surface area contributed by atoms with Crippen molar-refractivity contribution in [3.63, 3.8) is 0 Å². The summed E-state index contributed by atoms with van der Waals surface area (Å²) >= 11 is 0. The third-order valence-corrected chi connectivity index (χ3v) is 6.28. The Balaban J connectivity index is 1.33. The molecule has 4 rings (SSSR count). The van der Waals surface area contributed by atoms with E-state index in [0.717, 1.165) is 44.2 Å². The van der Waals surface area contributed by atoms with Gasteiger partial charge in [-0.2, -0.15) is 0 Å². The Bertz CT molecular complexity index is 1110. The molecule has 7 heteroatoms. The summed E-state index contributed by atoms with van der Waals surface area (Å²) in [7, 11) is 0. The molecular formula is C25H30FN5O. The van der Waals surface area contributed by atoms with E-state index in [2.05, 4.69) is 57.9 Å². The molecule has 2 aromatic carbocycles. The molecule has 32 heavy (non-hydrogen) atoms. The molecule has 0 radical (unpaired) electrons. The third kappa shape index (κ3) is 5.05. The van der Waals surface area contributed by atoms with Gasteiger partial charge < -0.3 is 9.88 Å². The Labute approximate surface area is 188 Å². The van der Waals surface area contributed by atoms with Crippen molar-refractivity contribution < 1.29 is 9.18 Å². The van der Waals surface area contributed by atoms with Crippen LogP contribution in [0.5, 0.6) is 0 Å². The Morgan fingerprint density at radius 1 is 1.00 bits per heavy atom. The predicted molar refractivity (Wildman–Crippen MR) is 122 cm³/mol. The topological polar surface area (TPSA) is 63.1 Å². The van der Waals surface area contributed by atoms with Gasteiger partial charge in [0.15, 0.2) is 0 Å². The lowest BCUT2D eigenvalue weighted by molar-refractivity contribution is 0.0954. The van der Waals surface area contributed by atoms with Crippen molar-refractivity contribution in [2.75, 3.05) is 19.6 Å². The van der Waals surface area contributed by atoms with Gasteiger partial charge in [0.1, 0.15) is 17.5 Å². The minimum absolute atomic E-state index is 0.212. The van der Waals surface area contributed by atoms with E-state index in [9.17, 15) is 9.18 Å². The maximum atomic E-state index is 13.0. The summed E-state index contributed by atoms with van der Waals surface area (Å²) in [6.45, 7) is 10.6. The van der Waals surface area contributed by atoms with E-state index in [-0.39, 0.29) is 11.7 Å². The van der Waals surface area contributed by atoms with Crippen molar-refractivity contribution >= 4 is 5.91 Å². The first kappa shape index (κ1) is 22.1. The van der Waals surface area contributed by atoms with Gasteiger partial charge in [-0.05, 0) is 67.3 Å². The summed E-state index contributed by atoms with van der Waals surface area (Å²) in [5.41, 5.74) is 5.85. The van der Waals surface area contributed by atoms with Crippen molar-refractivity contribution in [1.82, 2.24) is 25.0 Å². The standard InChI is InChI=1S/C25H30FN5O/c1-17-14-19(3)21(15-18(17)2)16-30-11-9-24-29-28-23(31(24)13-12-30)8-10-27-25(32)20-4-6-22(26)7-5-20/h4-7,14-15H,8-13,16H2,1-3H3,(H,27,32). The van der Waals surface area contributed by atoms with Crippen LogP contribution in [0.4, 0.5) is 4.39 Å². The molecule has 2 heterocycles. The summed E-state index contributed by atoms with van der Waals surface area (Å²) in [6.07, 6.45) is 1.47. The molecule has 1 aliphatic heterocycles. The number of hydrogen-bond donors (Lipinski definition) is 1. The molecule has 3 aromatic rings. The zero-order chi connectivity index (χ0) is 22.7. The number of fused-ring (bicyclic) bond motifs is 1. The summed E-state index contributed by atoms with van der Waals surface area (Å²) in [5, 5.41) is 11.6. The van der Waals surface area contributed by atoms with E-state index in [1.807, 2.05) is 0 Å². The highest BCUT2D eigenvalue weighted by atomic mass is 19.1. The molecule has 0 unspecified atom stereocenters. The van der Waals surface area contributed by atoms with Crippen LogP contribution >= 0.6 is 0 Å². The summed E-state index contributed by atoms with van der Waals surface area (Å²) in [4.78, 5) is 14.7. The van der Waals surface area contributed by atoms with Crippen molar-refractivity contribution in [2.24, 2.45) is 0 Å². The molecule has 1 aromatic heterocycles. The molecule has 6 nitrogen and oxygen atoms in total. The van der Waals surface area contributed by atoms with Crippen molar-refractivity contribution in [3.05, 3.63) is 81.7 Å². The first-order chi connectivity index (χ1) is 15.4. The molecule has 1 amide bonds. The van der Waals surface area contributed by atoms with E-state index in [0.29, 0.717) is 18.5 Å². The number of carbonyl (C=O) groups excluding carboxylic acids is 1. The van der Waals surface area contributed by atoms with Gasteiger partial charge in [-0.1, -0.05) is 12.1 Å². The highest BCUT2D eigenvalue weighted by molar-refractivity contribution is 5.94. The number of nitrogens with zero attached hydrogens (tertiary/aromatic N) is 4. The first-order valence-corrected chi connectivity index (χ1v) is 11.1. The minimum Gasteiger partial charge on any atom is -0.352 e. The number of aryl methyl sites for hydroxylation is 3. The van der Waals surface area contributed by atoms with E-state index in [1.165, 1.54) is 46.5 Å². The van der Waals surface area contributed by atoms with Gasteiger partial charge in [0.2, 0.25) is 0 Å². The monoisotopic (exact) mass is 435 g/mol. The second kappa shape index (κ2) is 9.61. The molecule has 168 valence electrons. The van der Waals surface area contributed by atoms with Crippen molar-refractivity contribution in [1.29, 1.82) is 0 Å². The minimum atomic E-state index is -0.352. The number of benzene rings is 2. The highest BCUT2D eigenvalue weighted by Gasteiger charge is 2.19. The molecule has 0 saturated heterocycles. The van der Waals surface area contributed by atoms with Crippen LogP contribution in [0.25, 0.3) is 0 Å². The second-order valence-electron chi connectivity index (χ2n) is 8.59. The third-order valence-electron chi connectivity index (χ3n) is 6.28. The second-order valence-corrected chi connectivity index (χ2v) is 8.59. The van der Waals surface area contributed by atoms with Crippen LogP contribution in [0.1, 0.15) is 44.3 Å². The van der Waals surface area contributed by atoms with Crippen LogP contribution < -0.4 is 5.32 Å². The molecule has 0 atom stereocenters. The van der Waals surface area contributed by atoms with Gasteiger partial charge in [-0.25, -0.2) is 4.39 Å². The average molecular weight is 436 g/mol. The SMILES string of the molecule is Cc1cc(C)c(CN2CCc3nnc(CCNC(=O)c4ccc(F)cc4)n3CC2)cc1C. The van der Waals surface area contributed by atoms with E-state index in [4.69, 9.17) is 0 Å². The average Bonchev–Trinajstić information content (AvgIpc) is 3.04. The quantitative estimate of drug-likeness (QED) is 0.645. The molecule has 1 aliphatic rings. The number of aromatic nitrogens is 3. The van der Waals surface area contributed by atoms with E-state index in [1.54, 1.807) is 0 Å². The summed E-state index contributed by atoms with van der Waals surface area (Å²) < 4.78 is 15.2. The van der Waals surface area contributed by atoms with Crippen LogP contribution in [-0.4, -0.2) is 45.2 Å². The summed E-state index contributed by atoms with van der Waals surface area (Å²) in [5.74, 6) is 1.33. The van der Waals surface area contributed by atoms with Gasteiger partial charge >= 0.3 is 0 Å². The van der Waals surface area contributed by atoms with Crippen LogP contribution in [0.2, 0.25) is 0 Å². The van der Waals surface area contributed by atoms with Gasteiger partial charge in [0.25, 0.3) is 5.91 Å². The van der Waals surface area contributed by atoms with Crippen molar-refractivity contribution in [2.45, 2.75) is 46.7 Å². The zero-order valence-corrected chi connectivity index (χ0v) is 19.0. The smallest absolute Gasteiger partial charge is 0.251 e. The molecule has 0 aliphatic carbocycles. The molecule has 0 spiro atoms. The maximum absolute atomic E-state index is 13.0. The number of carbonyl (C=O) groups is 1. The Kier molecular flexibility index (Phi) is 6.65. The van der Waals surface area contributed by atoms with Gasteiger partial charge in [-0.3, -0.25) is 9.69 Å². The Hall–Kier alpha value is -3.06. The number of rotatable bonds is 6. The lowest BCUT2D eigenvalue weighted by atomic mass is 10.0. The lowest BCUT2D eigenvalue weighted by Crippen LogP contribution is -2.28. The van der Waals surface area contributed by atoms with E-state index < -0.39 is 0 Å². The predicted octanol–water partition coefficient (Wildman–Crippen LogP) is 3.37. The molecule has 0 saturated carbocycles.